The Bertz CT molecular complexity index is 355. The van der Waals surface area contributed by atoms with Gasteiger partial charge in [0.15, 0.2) is 0 Å². The fourth-order valence-corrected chi connectivity index (χ4v) is 1.52. The zero-order chi connectivity index (χ0) is 10.8. The van der Waals surface area contributed by atoms with Crippen molar-refractivity contribution in [2.75, 3.05) is 18.4 Å². The topological polar surface area (TPSA) is 58.4 Å². The van der Waals surface area contributed by atoms with Crippen molar-refractivity contribution in [2.45, 2.75) is 13.0 Å². The van der Waals surface area contributed by atoms with Crippen molar-refractivity contribution in [3.05, 3.63) is 29.8 Å². The molecule has 4 heteroatoms. The maximum Gasteiger partial charge on any atom is 0.321 e. The monoisotopic (exact) mass is 205 g/mol. The molecule has 0 aromatic heterocycles. The van der Waals surface area contributed by atoms with Crippen molar-refractivity contribution in [1.82, 2.24) is 4.90 Å². The summed E-state index contributed by atoms with van der Waals surface area (Å²) in [6, 6.07) is 7.81. The highest BCUT2D eigenvalue weighted by Gasteiger charge is 2.27. The molecule has 1 saturated heterocycles. The first-order valence-electron chi connectivity index (χ1n) is 5.03. The second-order valence-electron chi connectivity index (χ2n) is 3.96. The molecule has 0 spiro atoms. The standard InChI is InChI=1S/C11H15N3O/c1-8-2-4-10(5-3-8)13-11(15)14-6-9(12)7-14/h2-5,9H,6-7,12H2,1H3,(H,13,15). The number of anilines is 1. The number of amides is 2. The SMILES string of the molecule is Cc1ccc(NC(=O)N2CC(N)C2)cc1. The number of benzene rings is 1. The van der Waals surface area contributed by atoms with E-state index < -0.39 is 0 Å². The number of carbonyl (C=O) groups excluding carboxylic acids is 1. The summed E-state index contributed by atoms with van der Waals surface area (Å²) in [7, 11) is 0. The van der Waals surface area contributed by atoms with Gasteiger partial charge in [0.2, 0.25) is 0 Å². The van der Waals surface area contributed by atoms with Crippen LogP contribution in [0.15, 0.2) is 24.3 Å². The van der Waals surface area contributed by atoms with Gasteiger partial charge in [-0.1, -0.05) is 17.7 Å². The first-order valence-corrected chi connectivity index (χ1v) is 5.03. The Labute approximate surface area is 89.1 Å². The Morgan fingerprint density at radius 3 is 2.53 bits per heavy atom. The summed E-state index contributed by atoms with van der Waals surface area (Å²) >= 11 is 0. The molecule has 0 unspecified atom stereocenters. The van der Waals surface area contributed by atoms with Gasteiger partial charge in [-0.2, -0.15) is 0 Å². The van der Waals surface area contributed by atoms with Crippen molar-refractivity contribution in [1.29, 1.82) is 0 Å². The molecule has 1 aliphatic heterocycles. The van der Waals surface area contributed by atoms with Crippen molar-refractivity contribution >= 4 is 11.7 Å². The van der Waals surface area contributed by atoms with Crippen LogP contribution in [0.2, 0.25) is 0 Å². The summed E-state index contributed by atoms with van der Waals surface area (Å²) in [4.78, 5) is 13.3. The highest BCUT2D eigenvalue weighted by Crippen LogP contribution is 2.12. The summed E-state index contributed by atoms with van der Waals surface area (Å²) < 4.78 is 0. The zero-order valence-corrected chi connectivity index (χ0v) is 8.73. The largest absolute Gasteiger partial charge is 0.325 e. The van der Waals surface area contributed by atoms with Crippen LogP contribution >= 0.6 is 0 Å². The number of likely N-dealkylation sites (tertiary alicyclic amines) is 1. The highest BCUT2D eigenvalue weighted by atomic mass is 16.2. The molecule has 0 atom stereocenters. The number of carbonyl (C=O) groups is 1. The molecule has 2 amide bonds. The first-order chi connectivity index (χ1) is 7.15. The van der Waals surface area contributed by atoms with Gasteiger partial charge in [-0.25, -0.2) is 4.79 Å². The molecule has 4 nitrogen and oxygen atoms in total. The Morgan fingerprint density at radius 1 is 1.40 bits per heavy atom. The Balaban J connectivity index is 1.91. The van der Waals surface area contributed by atoms with E-state index in [0.29, 0.717) is 13.1 Å². The average molecular weight is 205 g/mol. The van der Waals surface area contributed by atoms with Crippen LogP contribution in [-0.2, 0) is 0 Å². The third-order valence-electron chi connectivity index (χ3n) is 2.50. The molecule has 1 aromatic rings. The molecule has 0 bridgehead atoms. The van der Waals surface area contributed by atoms with Crippen LogP contribution < -0.4 is 11.1 Å². The van der Waals surface area contributed by atoms with Crippen LogP contribution in [0, 0.1) is 6.92 Å². The van der Waals surface area contributed by atoms with Crippen molar-refractivity contribution in [3.8, 4) is 0 Å². The molecule has 1 aliphatic rings. The minimum Gasteiger partial charge on any atom is -0.325 e. The number of nitrogens with zero attached hydrogens (tertiary/aromatic N) is 1. The first kappa shape index (κ1) is 9.98. The van der Waals surface area contributed by atoms with Gasteiger partial charge in [-0.3, -0.25) is 0 Å². The second-order valence-corrected chi connectivity index (χ2v) is 3.96. The van der Waals surface area contributed by atoms with Gasteiger partial charge >= 0.3 is 6.03 Å². The number of hydrogen-bond donors (Lipinski definition) is 2. The number of nitrogens with two attached hydrogens (primary N) is 1. The van der Waals surface area contributed by atoms with Crippen LogP contribution in [0.4, 0.5) is 10.5 Å². The normalized spacial score (nSPS) is 16.0. The van der Waals surface area contributed by atoms with E-state index in [1.807, 2.05) is 31.2 Å². The van der Waals surface area contributed by atoms with Crippen molar-refractivity contribution < 1.29 is 4.79 Å². The van der Waals surface area contributed by atoms with E-state index in [1.165, 1.54) is 5.56 Å². The van der Waals surface area contributed by atoms with Gasteiger partial charge in [0.1, 0.15) is 0 Å². The lowest BCUT2D eigenvalue weighted by Gasteiger charge is -2.36. The Morgan fingerprint density at radius 2 is 2.00 bits per heavy atom. The van der Waals surface area contributed by atoms with Gasteiger partial charge in [0.25, 0.3) is 0 Å². The van der Waals surface area contributed by atoms with E-state index in [1.54, 1.807) is 4.90 Å². The van der Waals surface area contributed by atoms with Crippen LogP contribution in [0.3, 0.4) is 0 Å². The van der Waals surface area contributed by atoms with Crippen LogP contribution in [-0.4, -0.2) is 30.1 Å². The molecule has 80 valence electrons. The number of hydrogen-bond acceptors (Lipinski definition) is 2. The number of urea groups is 1. The summed E-state index contributed by atoms with van der Waals surface area (Å²) in [6.45, 7) is 3.31. The zero-order valence-electron chi connectivity index (χ0n) is 8.73. The molecule has 1 heterocycles. The quantitative estimate of drug-likeness (QED) is 0.723. The Kier molecular flexibility index (Phi) is 2.60. The van der Waals surface area contributed by atoms with Crippen molar-refractivity contribution in [3.63, 3.8) is 0 Å². The lowest BCUT2D eigenvalue weighted by Crippen LogP contribution is -2.58. The Hall–Kier alpha value is -1.55. The van der Waals surface area contributed by atoms with Gasteiger partial charge in [-0.15, -0.1) is 0 Å². The van der Waals surface area contributed by atoms with Gasteiger partial charge in [0.05, 0.1) is 0 Å². The molecule has 15 heavy (non-hydrogen) atoms. The molecule has 1 aromatic carbocycles. The third-order valence-corrected chi connectivity index (χ3v) is 2.50. The summed E-state index contributed by atoms with van der Waals surface area (Å²) in [5.41, 5.74) is 7.60. The lowest BCUT2D eigenvalue weighted by molar-refractivity contribution is 0.165. The summed E-state index contributed by atoms with van der Waals surface area (Å²) in [5.74, 6) is 0. The third kappa shape index (κ3) is 2.27. The van der Waals surface area contributed by atoms with Gasteiger partial charge in [0, 0.05) is 24.8 Å². The van der Waals surface area contributed by atoms with E-state index in [0.717, 1.165) is 5.69 Å². The molecule has 0 saturated carbocycles. The average Bonchev–Trinajstić information content (AvgIpc) is 2.17. The number of rotatable bonds is 1. The second kappa shape index (κ2) is 3.90. The smallest absolute Gasteiger partial charge is 0.321 e. The van der Waals surface area contributed by atoms with E-state index in [-0.39, 0.29) is 12.1 Å². The van der Waals surface area contributed by atoms with E-state index in [4.69, 9.17) is 5.73 Å². The van der Waals surface area contributed by atoms with E-state index in [2.05, 4.69) is 5.32 Å². The predicted molar refractivity (Wildman–Crippen MR) is 59.7 cm³/mol. The molecule has 1 fully saturated rings. The lowest BCUT2D eigenvalue weighted by atomic mass is 10.1. The van der Waals surface area contributed by atoms with E-state index in [9.17, 15) is 4.79 Å². The number of aryl methyl sites for hydroxylation is 1. The summed E-state index contributed by atoms with van der Waals surface area (Å²) in [6.07, 6.45) is 0. The number of nitrogens with one attached hydrogen (secondary N) is 1. The minimum absolute atomic E-state index is 0.0689. The molecule has 0 aliphatic carbocycles. The predicted octanol–water partition coefficient (Wildman–Crippen LogP) is 1.17. The van der Waals surface area contributed by atoms with Gasteiger partial charge < -0.3 is 16.0 Å². The van der Waals surface area contributed by atoms with Crippen LogP contribution in [0.5, 0.6) is 0 Å². The maximum atomic E-state index is 11.6. The molecule has 0 radical (unpaired) electrons. The van der Waals surface area contributed by atoms with E-state index >= 15 is 0 Å². The molecular formula is C11H15N3O. The summed E-state index contributed by atoms with van der Waals surface area (Å²) in [5, 5.41) is 2.82. The molecule has 3 N–H and O–H groups in total. The fourth-order valence-electron chi connectivity index (χ4n) is 1.52. The maximum absolute atomic E-state index is 11.6. The van der Waals surface area contributed by atoms with Crippen molar-refractivity contribution in [2.24, 2.45) is 5.73 Å². The minimum atomic E-state index is -0.0689. The molecule has 2 rings (SSSR count). The van der Waals surface area contributed by atoms with Crippen LogP contribution in [0.25, 0.3) is 0 Å². The van der Waals surface area contributed by atoms with Crippen LogP contribution in [0.1, 0.15) is 5.56 Å². The highest BCUT2D eigenvalue weighted by molar-refractivity contribution is 5.89. The fraction of sp³-hybridized carbons (Fsp3) is 0.364. The van der Waals surface area contributed by atoms with Gasteiger partial charge in [-0.05, 0) is 19.1 Å². The molecular weight excluding hydrogens is 190 g/mol.